The molecule has 0 radical (unpaired) electrons. The Labute approximate surface area is 66.7 Å². The van der Waals surface area contributed by atoms with Crippen molar-refractivity contribution < 1.29 is 0 Å². The second-order valence-corrected chi connectivity index (χ2v) is 7.44. The zero-order valence-electron chi connectivity index (χ0n) is 5.18. The molecule has 0 saturated heterocycles. The molecular weight excluding hydrogens is 192 g/mol. The van der Waals surface area contributed by atoms with Crippen molar-refractivity contribution in [3.05, 3.63) is 30.3 Å². The van der Waals surface area contributed by atoms with Gasteiger partial charge in [0.1, 0.15) is 0 Å². The van der Waals surface area contributed by atoms with Crippen LogP contribution in [0.4, 0.5) is 0 Å². The Hall–Kier alpha value is 0.0529. The fourth-order valence-electron chi connectivity index (χ4n) is 0.754. The molecule has 0 amide bonds. The molecule has 1 aromatic rings. The van der Waals surface area contributed by atoms with Gasteiger partial charge >= 0.3 is 66.5 Å². The third-order valence-corrected chi connectivity index (χ3v) is 4.80. The molecule has 0 heterocycles. The van der Waals surface area contributed by atoms with Crippen molar-refractivity contribution in [1.82, 2.24) is 0 Å². The van der Waals surface area contributed by atoms with Gasteiger partial charge in [-0.15, -0.1) is 0 Å². The van der Waals surface area contributed by atoms with Gasteiger partial charge in [-0.2, -0.15) is 0 Å². The number of benzene rings is 1. The number of hydrogen-bond acceptors (Lipinski definition) is 0. The average Bonchev–Trinajstić information content (AvgIpc) is 1.91. The van der Waals surface area contributed by atoms with E-state index in [9.17, 15) is 0 Å². The molecule has 0 aliphatic carbocycles. The summed E-state index contributed by atoms with van der Waals surface area (Å²) in [6.45, 7) is 0. The van der Waals surface area contributed by atoms with Crippen LogP contribution in [-0.2, 0) is 0 Å². The van der Waals surface area contributed by atoms with Gasteiger partial charge in [0, 0.05) is 0 Å². The normalized spacial score (nSPS) is 10.8. The summed E-state index contributed by atoms with van der Waals surface area (Å²) in [5, 5.41) is 0. The quantitative estimate of drug-likeness (QED) is 0.487. The van der Waals surface area contributed by atoms with Crippen LogP contribution in [0.5, 0.6) is 0 Å². The number of alkyl halides is 1. The summed E-state index contributed by atoms with van der Waals surface area (Å²) in [5.74, 6) is 0. The number of hydrogen-bond donors (Lipinski definition) is 0. The molecule has 0 aliphatic rings. The minimum absolute atomic E-state index is 0.524. The van der Waals surface area contributed by atoms with E-state index in [-0.39, 0.29) is 0 Å². The van der Waals surface area contributed by atoms with Crippen LogP contribution in [0.2, 0.25) is 0 Å². The first-order valence-corrected chi connectivity index (χ1v) is 7.15. The van der Waals surface area contributed by atoms with Gasteiger partial charge in [0.05, 0.1) is 0 Å². The van der Waals surface area contributed by atoms with Crippen LogP contribution < -0.4 is 4.40 Å². The maximum absolute atomic E-state index is 5.62. The molecule has 1 aromatic carbocycles. The van der Waals surface area contributed by atoms with Gasteiger partial charge in [0.25, 0.3) is 0 Å². The van der Waals surface area contributed by atoms with Crippen molar-refractivity contribution in [3.8, 4) is 0 Å². The van der Waals surface area contributed by atoms with Gasteiger partial charge in [-0.1, -0.05) is 0 Å². The minimum atomic E-state index is -0.524. The summed E-state index contributed by atoms with van der Waals surface area (Å²) in [6.07, 6.45) is 0. The van der Waals surface area contributed by atoms with E-state index in [4.69, 9.17) is 11.6 Å². The van der Waals surface area contributed by atoms with E-state index in [1.165, 1.54) is 4.40 Å². The summed E-state index contributed by atoms with van der Waals surface area (Å²) in [4.78, 5) is 0. The van der Waals surface area contributed by atoms with Crippen LogP contribution >= 0.6 is 11.6 Å². The van der Waals surface area contributed by atoms with Crippen LogP contribution in [0.15, 0.2) is 30.3 Å². The van der Waals surface area contributed by atoms with E-state index in [2.05, 4.69) is 24.3 Å². The molecule has 0 atom stereocenters. The van der Waals surface area contributed by atoms with Gasteiger partial charge < -0.3 is 0 Å². The van der Waals surface area contributed by atoms with Crippen molar-refractivity contribution in [1.29, 1.82) is 0 Å². The van der Waals surface area contributed by atoms with Crippen molar-refractivity contribution in [3.63, 3.8) is 0 Å². The average molecular weight is 201 g/mol. The first-order chi connectivity index (χ1) is 4.43. The van der Waals surface area contributed by atoms with Crippen LogP contribution in [0.1, 0.15) is 0 Å². The van der Waals surface area contributed by atoms with E-state index in [0.29, 0.717) is 0 Å². The predicted octanol–water partition coefficient (Wildman–Crippen LogP) is 0.677. The Kier molecular flexibility index (Phi) is 3.15. The third kappa shape index (κ3) is 2.42. The molecule has 0 saturated carbocycles. The van der Waals surface area contributed by atoms with E-state index < -0.39 is 15.4 Å². The van der Waals surface area contributed by atoms with Gasteiger partial charge in [-0.3, -0.25) is 0 Å². The monoisotopic (exact) mass is 202 g/mol. The van der Waals surface area contributed by atoms with Crippen molar-refractivity contribution in [2.24, 2.45) is 0 Å². The molecule has 1 rings (SSSR count). The zero-order chi connectivity index (χ0) is 6.53. The second kappa shape index (κ2) is 3.96. The fraction of sp³-hybridized carbons (Fsp3) is 0.143. The summed E-state index contributed by atoms with van der Waals surface area (Å²) in [6, 6.07) is 10.5. The van der Waals surface area contributed by atoms with Gasteiger partial charge in [-0.25, -0.2) is 0 Å². The molecule has 0 spiro atoms. The molecule has 0 nitrogen and oxygen atoms in total. The van der Waals surface area contributed by atoms with Crippen molar-refractivity contribution in [2.45, 2.75) is 0 Å². The van der Waals surface area contributed by atoms with E-state index in [1.807, 2.05) is 6.07 Å². The Balaban J connectivity index is 2.61. The van der Waals surface area contributed by atoms with Crippen LogP contribution in [0.3, 0.4) is 0 Å². The Morgan fingerprint density at radius 1 is 1.22 bits per heavy atom. The second-order valence-electron chi connectivity index (χ2n) is 1.92. The maximum atomic E-state index is 5.62. The molecule has 0 bridgehead atoms. The molecule has 0 fully saturated rings. The third-order valence-electron chi connectivity index (χ3n) is 1.23. The molecule has 0 N–H and O–H groups in total. The van der Waals surface area contributed by atoms with E-state index >= 15 is 0 Å². The zero-order valence-corrected chi connectivity index (χ0v) is 8.90. The first kappa shape index (κ1) is 7.16. The molecule has 0 aromatic heterocycles. The summed E-state index contributed by atoms with van der Waals surface area (Å²) in [7, 11) is 0. The van der Waals surface area contributed by atoms with E-state index in [1.54, 1.807) is 0 Å². The van der Waals surface area contributed by atoms with Crippen molar-refractivity contribution >= 4 is 31.4 Å². The summed E-state index contributed by atoms with van der Waals surface area (Å²) in [5.41, 5.74) is 0. The van der Waals surface area contributed by atoms with Crippen LogP contribution in [0, 0.1) is 0 Å². The summed E-state index contributed by atoms with van der Waals surface area (Å²) < 4.78 is 2.40. The number of halogens is 1. The summed E-state index contributed by atoms with van der Waals surface area (Å²) >= 11 is 5.10. The molecule has 0 unspecified atom stereocenters. The van der Waals surface area contributed by atoms with Gasteiger partial charge in [-0.05, 0) is 0 Å². The van der Waals surface area contributed by atoms with Gasteiger partial charge in [0.15, 0.2) is 0 Å². The Morgan fingerprint density at radius 3 is 2.44 bits per heavy atom. The molecule has 0 aliphatic heterocycles. The van der Waals surface area contributed by atoms with Crippen molar-refractivity contribution in [2.75, 3.05) is 4.71 Å². The fourth-order valence-corrected chi connectivity index (χ4v) is 3.62. The molecule has 9 heavy (non-hydrogen) atoms. The Morgan fingerprint density at radius 2 is 1.89 bits per heavy atom. The topological polar surface area (TPSA) is 0 Å². The Bertz CT molecular complexity index is 162. The van der Waals surface area contributed by atoms with Crippen LogP contribution in [0.25, 0.3) is 0 Å². The van der Waals surface area contributed by atoms with Crippen LogP contribution in [-0.4, -0.2) is 20.1 Å². The number of rotatable bonds is 2. The van der Waals surface area contributed by atoms with Gasteiger partial charge in [0.2, 0.25) is 0 Å². The first-order valence-electron chi connectivity index (χ1n) is 3.03. The predicted molar refractivity (Wildman–Crippen MR) is 45.3 cm³/mol. The molecule has 2 heteroatoms. The standard InChI is InChI=1S/C7H9ClGe/c8-6-9-7-4-2-1-3-5-7/h1-5H,6,9H2. The molecule has 48 valence electrons. The molecular formula is C7H9ClGe. The van der Waals surface area contributed by atoms with E-state index in [0.717, 1.165) is 4.71 Å². The SMILES string of the molecule is Cl[CH2][GeH2][c]1ccccc1.